The van der Waals surface area contributed by atoms with Crippen molar-refractivity contribution in [3.63, 3.8) is 0 Å². The molecule has 0 spiro atoms. The summed E-state index contributed by atoms with van der Waals surface area (Å²) < 4.78 is 28.1. The summed E-state index contributed by atoms with van der Waals surface area (Å²) in [5.74, 6) is -0.285. The van der Waals surface area contributed by atoms with E-state index in [0.717, 1.165) is 29.3 Å². The van der Waals surface area contributed by atoms with Gasteiger partial charge in [-0.3, -0.25) is 4.79 Å². The van der Waals surface area contributed by atoms with Crippen LogP contribution in [0.1, 0.15) is 45.1 Å². The molecule has 1 atom stereocenters. The lowest BCUT2D eigenvalue weighted by molar-refractivity contribution is -0.123. The standard InChI is InChI=1S/C19H27N3O3S/c1-13(2)21-19(23)18(22-26(24,25)15-7-3-4-8-15)11-14-12-20-17-10-6-5-9-16(14)17/h5-6,9-10,12-13,15,18,20,22H,3-4,7-8,11H2,1-2H3,(H,21,23)/t18-/m0/s1. The predicted molar refractivity (Wildman–Crippen MR) is 103 cm³/mol. The van der Waals surface area contributed by atoms with Gasteiger partial charge in [0.2, 0.25) is 15.9 Å². The van der Waals surface area contributed by atoms with E-state index in [4.69, 9.17) is 0 Å². The number of carbonyl (C=O) groups excluding carboxylic acids is 1. The number of hydrogen-bond acceptors (Lipinski definition) is 3. The van der Waals surface area contributed by atoms with E-state index in [1.54, 1.807) is 0 Å². The quantitative estimate of drug-likeness (QED) is 0.692. The van der Waals surface area contributed by atoms with Gasteiger partial charge in [-0.1, -0.05) is 31.0 Å². The van der Waals surface area contributed by atoms with Crippen molar-refractivity contribution in [3.8, 4) is 0 Å². The molecule has 1 aromatic heterocycles. The molecule has 1 fully saturated rings. The highest BCUT2D eigenvalue weighted by atomic mass is 32.2. The summed E-state index contributed by atoms with van der Waals surface area (Å²) in [4.78, 5) is 15.8. The lowest BCUT2D eigenvalue weighted by Crippen LogP contribution is -2.51. The van der Waals surface area contributed by atoms with Crippen molar-refractivity contribution in [2.45, 2.75) is 63.3 Å². The molecular formula is C19H27N3O3S. The molecule has 0 unspecified atom stereocenters. The number of nitrogens with one attached hydrogen (secondary N) is 3. The number of aromatic nitrogens is 1. The molecule has 142 valence electrons. The largest absolute Gasteiger partial charge is 0.361 e. The van der Waals surface area contributed by atoms with E-state index in [2.05, 4.69) is 15.0 Å². The molecule has 2 aromatic rings. The van der Waals surface area contributed by atoms with E-state index in [9.17, 15) is 13.2 Å². The number of para-hydroxylation sites is 1. The monoisotopic (exact) mass is 377 g/mol. The average molecular weight is 378 g/mol. The van der Waals surface area contributed by atoms with Crippen LogP contribution in [0.2, 0.25) is 0 Å². The second-order valence-corrected chi connectivity index (χ2v) is 9.34. The Kier molecular flexibility index (Phi) is 5.67. The van der Waals surface area contributed by atoms with Crippen molar-refractivity contribution in [2.24, 2.45) is 0 Å². The Balaban J connectivity index is 1.84. The summed E-state index contributed by atoms with van der Waals surface area (Å²) in [5.41, 5.74) is 1.91. The first-order valence-electron chi connectivity index (χ1n) is 9.23. The number of carbonyl (C=O) groups is 1. The van der Waals surface area contributed by atoms with Crippen molar-refractivity contribution >= 4 is 26.8 Å². The van der Waals surface area contributed by atoms with E-state index >= 15 is 0 Å². The molecule has 1 amide bonds. The van der Waals surface area contributed by atoms with Gasteiger partial charge in [0.05, 0.1) is 5.25 Å². The Morgan fingerprint density at radius 2 is 1.92 bits per heavy atom. The molecule has 26 heavy (non-hydrogen) atoms. The van der Waals surface area contributed by atoms with Crippen LogP contribution in [0.5, 0.6) is 0 Å². The van der Waals surface area contributed by atoms with Gasteiger partial charge in [-0.05, 0) is 44.7 Å². The third-order valence-electron chi connectivity index (χ3n) is 4.89. The van der Waals surface area contributed by atoms with Gasteiger partial charge in [0.25, 0.3) is 0 Å². The van der Waals surface area contributed by atoms with Crippen molar-refractivity contribution in [3.05, 3.63) is 36.0 Å². The van der Waals surface area contributed by atoms with Crippen LogP contribution in [0.3, 0.4) is 0 Å². The molecule has 3 rings (SSSR count). The molecule has 6 nitrogen and oxygen atoms in total. The summed E-state index contributed by atoms with van der Waals surface area (Å²) in [6, 6.07) is 6.94. The second-order valence-electron chi connectivity index (χ2n) is 7.35. The summed E-state index contributed by atoms with van der Waals surface area (Å²) in [5, 5.41) is 3.46. The van der Waals surface area contributed by atoms with Crippen LogP contribution in [0.15, 0.2) is 30.5 Å². The van der Waals surface area contributed by atoms with Gasteiger partial charge in [0.15, 0.2) is 0 Å². The van der Waals surface area contributed by atoms with Crippen LogP contribution >= 0.6 is 0 Å². The Bertz CT molecular complexity index is 867. The molecule has 1 aliphatic rings. The summed E-state index contributed by atoms with van der Waals surface area (Å²) >= 11 is 0. The normalized spacial score (nSPS) is 17.0. The van der Waals surface area contributed by atoms with Gasteiger partial charge in [-0.15, -0.1) is 0 Å². The molecule has 0 saturated heterocycles. The molecule has 3 N–H and O–H groups in total. The van der Waals surface area contributed by atoms with Crippen LogP contribution in [-0.4, -0.2) is 36.6 Å². The molecule has 1 aromatic carbocycles. The first kappa shape index (κ1) is 18.9. The fraction of sp³-hybridized carbons (Fsp3) is 0.526. The Hall–Kier alpha value is -1.86. The van der Waals surface area contributed by atoms with Crippen LogP contribution in [-0.2, 0) is 21.2 Å². The summed E-state index contributed by atoms with van der Waals surface area (Å²) in [7, 11) is -3.52. The Morgan fingerprint density at radius 1 is 1.23 bits per heavy atom. The van der Waals surface area contributed by atoms with Crippen molar-refractivity contribution in [2.75, 3.05) is 0 Å². The van der Waals surface area contributed by atoms with E-state index in [1.165, 1.54) is 0 Å². The Labute approximate surface area is 154 Å². The predicted octanol–water partition coefficient (Wildman–Crippen LogP) is 2.47. The fourth-order valence-corrected chi connectivity index (χ4v) is 5.32. The minimum Gasteiger partial charge on any atom is -0.361 e. The lowest BCUT2D eigenvalue weighted by Gasteiger charge is -2.22. The zero-order valence-electron chi connectivity index (χ0n) is 15.3. The maximum Gasteiger partial charge on any atom is 0.238 e. The van der Waals surface area contributed by atoms with Crippen molar-refractivity contribution in [1.82, 2.24) is 15.0 Å². The molecule has 0 bridgehead atoms. The number of fused-ring (bicyclic) bond motifs is 1. The van der Waals surface area contributed by atoms with Gasteiger partial charge in [-0.2, -0.15) is 0 Å². The molecule has 1 aliphatic carbocycles. The zero-order valence-corrected chi connectivity index (χ0v) is 16.1. The van der Waals surface area contributed by atoms with Crippen LogP contribution < -0.4 is 10.0 Å². The van der Waals surface area contributed by atoms with E-state index in [-0.39, 0.29) is 17.2 Å². The van der Waals surface area contributed by atoms with Crippen LogP contribution in [0.4, 0.5) is 0 Å². The molecule has 0 aliphatic heterocycles. The number of benzene rings is 1. The van der Waals surface area contributed by atoms with Crippen LogP contribution in [0, 0.1) is 0 Å². The molecule has 7 heteroatoms. The zero-order chi connectivity index (χ0) is 18.7. The first-order valence-corrected chi connectivity index (χ1v) is 10.8. The van der Waals surface area contributed by atoms with Gasteiger partial charge in [0.1, 0.15) is 6.04 Å². The average Bonchev–Trinajstić information content (AvgIpc) is 3.24. The highest BCUT2D eigenvalue weighted by molar-refractivity contribution is 7.90. The third-order valence-corrected chi connectivity index (χ3v) is 6.86. The number of rotatable bonds is 7. The van der Waals surface area contributed by atoms with E-state index in [0.29, 0.717) is 19.3 Å². The second kappa shape index (κ2) is 7.80. The molecular weight excluding hydrogens is 350 g/mol. The SMILES string of the molecule is CC(C)NC(=O)[C@H](Cc1c[nH]c2ccccc12)NS(=O)(=O)C1CCCC1. The minimum atomic E-state index is -3.52. The number of aromatic amines is 1. The molecule has 1 saturated carbocycles. The van der Waals surface area contributed by atoms with E-state index in [1.807, 2.05) is 44.3 Å². The minimum absolute atomic E-state index is 0.0519. The number of hydrogen-bond donors (Lipinski definition) is 3. The highest BCUT2D eigenvalue weighted by Crippen LogP contribution is 2.25. The van der Waals surface area contributed by atoms with Crippen molar-refractivity contribution in [1.29, 1.82) is 0 Å². The summed E-state index contributed by atoms with van der Waals surface area (Å²) in [6.07, 6.45) is 5.36. The lowest BCUT2D eigenvalue weighted by atomic mass is 10.0. The van der Waals surface area contributed by atoms with Gasteiger partial charge in [-0.25, -0.2) is 13.1 Å². The topological polar surface area (TPSA) is 91.1 Å². The third kappa shape index (κ3) is 4.27. The maximum atomic E-state index is 12.7. The molecule has 1 heterocycles. The smallest absolute Gasteiger partial charge is 0.238 e. The highest BCUT2D eigenvalue weighted by Gasteiger charge is 2.33. The number of H-pyrrole nitrogens is 1. The fourth-order valence-electron chi connectivity index (χ4n) is 3.59. The number of amides is 1. The first-order chi connectivity index (χ1) is 12.4. The van der Waals surface area contributed by atoms with Gasteiger partial charge < -0.3 is 10.3 Å². The van der Waals surface area contributed by atoms with Gasteiger partial charge in [0, 0.05) is 23.1 Å². The van der Waals surface area contributed by atoms with Crippen molar-refractivity contribution < 1.29 is 13.2 Å². The molecule has 0 radical (unpaired) electrons. The van der Waals surface area contributed by atoms with E-state index < -0.39 is 16.1 Å². The summed E-state index contributed by atoms with van der Waals surface area (Å²) in [6.45, 7) is 3.73. The number of sulfonamides is 1. The maximum absolute atomic E-state index is 12.7. The Morgan fingerprint density at radius 3 is 2.62 bits per heavy atom. The van der Waals surface area contributed by atoms with Gasteiger partial charge >= 0.3 is 0 Å². The van der Waals surface area contributed by atoms with Crippen LogP contribution in [0.25, 0.3) is 10.9 Å².